The van der Waals surface area contributed by atoms with Crippen LogP contribution in [-0.2, 0) is 11.7 Å². The van der Waals surface area contributed by atoms with Crippen molar-refractivity contribution < 1.29 is 14.8 Å². The lowest BCUT2D eigenvalue weighted by molar-refractivity contribution is -0.0982. The van der Waals surface area contributed by atoms with Crippen LogP contribution in [0.3, 0.4) is 0 Å². The molecule has 0 amide bonds. The Hall–Kier alpha value is -1.63. The lowest BCUT2D eigenvalue weighted by Crippen LogP contribution is -2.53. The summed E-state index contributed by atoms with van der Waals surface area (Å²) in [5.41, 5.74) is 0.704. The van der Waals surface area contributed by atoms with Gasteiger partial charge in [-0.25, -0.2) is 0 Å². The molecule has 0 atom stereocenters. The van der Waals surface area contributed by atoms with E-state index < -0.39 is 18.3 Å². The highest BCUT2D eigenvalue weighted by Crippen LogP contribution is 2.25. The minimum atomic E-state index is -1.10. The van der Waals surface area contributed by atoms with Crippen LogP contribution in [0.25, 0.3) is 11.3 Å². The topological polar surface area (TPSA) is 67.5 Å². The molecule has 1 aromatic heterocycles. The first-order chi connectivity index (χ1) is 10.1. The molecular formula is C16H23BN2O3. The molecule has 0 fully saturated rings. The van der Waals surface area contributed by atoms with E-state index in [9.17, 15) is 10.1 Å². The Morgan fingerprint density at radius 3 is 2.14 bits per heavy atom. The van der Waals surface area contributed by atoms with Crippen LogP contribution in [0.4, 0.5) is 0 Å². The Balaban J connectivity index is 2.15. The van der Waals surface area contributed by atoms with Gasteiger partial charge in [0.25, 0.3) is 0 Å². The summed E-state index contributed by atoms with van der Waals surface area (Å²) < 4.78 is 7.42. The zero-order chi connectivity index (χ0) is 16.5. The van der Waals surface area contributed by atoms with E-state index in [0.717, 1.165) is 11.3 Å². The first-order valence-corrected chi connectivity index (χ1v) is 7.28. The van der Waals surface area contributed by atoms with Gasteiger partial charge in [0.2, 0.25) is 0 Å². The Morgan fingerprint density at radius 1 is 1.09 bits per heavy atom. The number of rotatable bonds is 5. The number of aliphatic hydroxyl groups is 1. The third kappa shape index (κ3) is 3.40. The third-order valence-electron chi connectivity index (χ3n) is 4.19. The van der Waals surface area contributed by atoms with E-state index in [-0.39, 0.29) is 0 Å². The highest BCUT2D eigenvalue weighted by atomic mass is 16.5. The van der Waals surface area contributed by atoms with Crippen molar-refractivity contribution in [2.75, 3.05) is 0 Å². The van der Waals surface area contributed by atoms with Gasteiger partial charge in [-0.05, 0) is 44.8 Å². The molecule has 1 aromatic carbocycles. The summed E-state index contributed by atoms with van der Waals surface area (Å²) in [7, 11) is 0.787. The molecule has 5 nitrogen and oxygen atoms in total. The molecule has 0 saturated carbocycles. The van der Waals surface area contributed by atoms with Crippen molar-refractivity contribution in [3.05, 3.63) is 36.5 Å². The summed E-state index contributed by atoms with van der Waals surface area (Å²) >= 11 is 0. The average Bonchev–Trinajstić information content (AvgIpc) is 2.83. The fraction of sp³-hybridized carbons (Fsp3) is 0.438. The molecule has 22 heavy (non-hydrogen) atoms. The molecule has 0 aliphatic carbocycles. The quantitative estimate of drug-likeness (QED) is 0.818. The van der Waals surface area contributed by atoms with Gasteiger partial charge in [-0.2, -0.15) is 5.10 Å². The lowest BCUT2D eigenvalue weighted by Gasteiger charge is -2.38. The second-order valence-corrected chi connectivity index (χ2v) is 6.50. The summed E-state index contributed by atoms with van der Waals surface area (Å²) in [6.45, 7) is 6.82. The van der Waals surface area contributed by atoms with Crippen molar-refractivity contribution in [3.8, 4) is 11.3 Å². The van der Waals surface area contributed by atoms with E-state index in [0.29, 0.717) is 5.46 Å². The van der Waals surface area contributed by atoms with Gasteiger partial charge in [0.1, 0.15) is 0 Å². The number of hydrogen-bond acceptors (Lipinski definition) is 4. The first kappa shape index (κ1) is 16.7. The molecule has 118 valence electrons. The summed E-state index contributed by atoms with van der Waals surface area (Å²) in [5, 5.41) is 24.5. The predicted octanol–water partition coefficient (Wildman–Crippen LogP) is 1.34. The molecule has 0 spiro atoms. The molecule has 0 radical (unpaired) electrons. The summed E-state index contributed by atoms with van der Waals surface area (Å²) in [6, 6.07) is 9.38. The minimum absolute atomic E-state index is 0.642. The molecule has 0 unspecified atom stereocenters. The monoisotopic (exact) mass is 302 g/mol. The van der Waals surface area contributed by atoms with E-state index >= 15 is 0 Å². The molecular weight excluding hydrogens is 279 g/mol. The molecule has 0 aliphatic rings. The van der Waals surface area contributed by atoms with Crippen LogP contribution >= 0.6 is 0 Å². The van der Waals surface area contributed by atoms with Gasteiger partial charge in [-0.15, -0.1) is 0 Å². The van der Waals surface area contributed by atoms with E-state index in [2.05, 4.69) is 5.10 Å². The lowest BCUT2D eigenvalue weighted by atomic mass is 9.76. The highest BCUT2D eigenvalue weighted by molar-refractivity contribution is 6.60. The number of hydrogen-bond donors (Lipinski definition) is 2. The molecule has 0 aliphatic heterocycles. The zero-order valence-corrected chi connectivity index (χ0v) is 13.7. The first-order valence-electron chi connectivity index (χ1n) is 7.28. The maximum absolute atomic E-state index is 10.2. The van der Waals surface area contributed by atoms with Gasteiger partial charge < -0.3 is 14.8 Å². The van der Waals surface area contributed by atoms with Crippen molar-refractivity contribution in [1.82, 2.24) is 9.78 Å². The van der Waals surface area contributed by atoms with Crippen molar-refractivity contribution in [2.24, 2.45) is 7.05 Å². The Morgan fingerprint density at radius 2 is 1.68 bits per heavy atom. The smallest absolute Gasteiger partial charge is 0.423 e. The van der Waals surface area contributed by atoms with Crippen LogP contribution in [0.15, 0.2) is 36.5 Å². The molecule has 1 heterocycles. The zero-order valence-electron chi connectivity index (χ0n) is 13.7. The largest absolute Gasteiger partial charge is 0.491 e. The SMILES string of the molecule is Cn1nccc1-c1ccc(B(O)OC(C)(C)C(C)(C)O)cc1. The van der Waals surface area contributed by atoms with E-state index in [1.807, 2.05) is 37.4 Å². The number of aryl methyl sites for hydroxylation is 1. The van der Waals surface area contributed by atoms with Crippen LogP contribution in [0.5, 0.6) is 0 Å². The van der Waals surface area contributed by atoms with Crippen LogP contribution < -0.4 is 5.46 Å². The fourth-order valence-corrected chi connectivity index (χ4v) is 1.97. The van der Waals surface area contributed by atoms with Crippen LogP contribution in [0.1, 0.15) is 27.7 Å². The van der Waals surface area contributed by atoms with E-state index in [1.165, 1.54) is 0 Å². The summed E-state index contributed by atoms with van der Waals surface area (Å²) in [5.74, 6) is 0. The van der Waals surface area contributed by atoms with Gasteiger partial charge >= 0.3 is 7.12 Å². The van der Waals surface area contributed by atoms with Crippen molar-refractivity contribution in [1.29, 1.82) is 0 Å². The second-order valence-electron chi connectivity index (χ2n) is 6.50. The van der Waals surface area contributed by atoms with Gasteiger partial charge in [-0.1, -0.05) is 24.3 Å². The Labute approximate surface area is 131 Å². The fourth-order valence-electron chi connectivity index (χ4n) is 1.97. The van der Waals surface area contributed by atoms with Crippen molar-refractivity contribution in [2.45, 2.75) is 38.9 Å². The van der Waals surface area contributed by atoms with Gasteiger partial charge in [0.15, 0.2) is 0 Å². The van der Waals surface area contributed by atoms with E-state index in [1.54, 1.807) is 38.6 Å². The second kappa shape index (κ2) is 5.87. The predicted molar refractivity (Wildman–Crippen MR) is 87.7 cm³/mol. The molecule has 2 aromatic rings. The third-order valence-corrected chi connectivity index (χ3v) is 4.19. The standard InChI is InChI=1S/C16H23BN2O3/c1-15(2,20)16(3,4)22-17(21)13-8-6-12(7-9-13)14-10-11-18-19(14)5/h6-11,20-21H,1-5H3. The normalized spacial score (nSPS) is 12.5. The van der Waals surface area contributed by atoms with Crippen LogP contribution in [0, 0.1) is 0 Å². The van der Waals surface area contributed by atoms with Crippen molar-refractivity contribution >= 4 is 12.6 Å². The maximum atomic E-state index is 10.2. The van der Waals surface area contributed by atoms with Gasteiger partial charge in [-0.3, -0.25) is 4.68 Å². The Bertz CT molecular complexity index is 630. The Kier molecular flexibility index (Phi) is 4.47. The number of aromatic nitrogens is 2. The molecule has 2 N–H and O–H groups in total. The summed E-state index contributed by atoms with van der Waals surface area (Å²) in [6.07, 6.45) is 1.74. The number of nitrogens with zero attached hydrogens (tertiary/aromatic N) is 2. The molecule has 6 heteroatoms. The average molecular weight is 302 g/mol. The molecule has 0 bridgehead atoms. The van der Waals surface area contributed by atoms with Crippen LogP contribution in [-0.4, -0.2) is 38.2 Å². The van der Waals surface area contributed by atoms with Gasteiger partial charge in [0.05, 0.1) is 16.9 Å². The molecule has 2 rings (SSSR count). The maximum Gasteiger partial charge on any atom is 0.491 e. The number of benzene rings is 1. The van der Waals surface area contributed by atoms with E-state index in [4.69, 9.17) is 4.65 Å². The van der Waals surface area contributed by atoms with Gasteiger partial charge in [0, 0.05) is 13.2 Å². The molecule has 0 saturated heterocycles. The van der Waals surface area contributed by atoms with Crippen LogP contribution in [0.2, 0.25) is 0 Å². The van der Waals surface area contributed by atoms with Crippen molar-refractivity contribution in [3.63, 3.8) is 0 Å². The summed E-state index contributed by atoms with van der Waals surface area (Å²) in [4.78, 5) is 0. The minimum Gasteiger partial charge on any atom is -0.423 e. The highest BCUT2D eigenvalue weighted by Gasteiger charge is 2.39.